The third kappa shape index (κ3) is 3.40. The van der Waals surface area contributed by atoms with Gasteiger partial charge in [-0.05, 0) is 112 Å². The van der Waals surface area contributed by atoms with E-state index in [0.29, 0.717) is 0 Å². The highest BCUT2D eigenvalue weighted by Crippen LogP contribution is 2.68. The molecule has 0 saturated carbocycles. The van der Waals surface area contributed by atoms with Gasteiger partial charge < -0.3 is 13.7 Å². The van der Waals surface area contributed by atoms with Crippen molar-refractivity contribution in [3.63, 3.8) is 0 Å². The zero-order chi connectivity index (χ0) is 36.2. The van der Waals surface area contributed by atoms with Crippen molar-refractivity contribution >= 4 is 34.5 Å². The summed E-state index contributed by atoms with van der Waals surface area (Å²) in [7, 11) is -0.529. The quantitative estimate of drug-likeness (QED) is 0.160. The summed E-state index contributed by atoms with van der Waals surface area (Å²) >= 11 is 0. The predicted molar refractivity (Wildman–Crippen MR) is 218 cm³/mol. The van der Waals surface area contributed by atoms with E-state index in [1.807, 2.05) is 0 Å². The van der Waals surface area contributed by atoms with E-state index >= 15 is 0 Å². The summed E-state index contributed by atoms with van der Waals surface area (Å²) in [5.41, 5.74) is 16.0. The minimum atomic E-state index is -0.679. The minimum Gasteiger partial charge on any atom is -0.456 e. The Hall–Kier alpha value is -5.68. The Morgan fingerprint density at radius 2 is 0.907 bits per heavy atom. The van der Waals surface area contributed by atoms with Crippen LogP contribution in [0.2, 0.25) is 0 Å². The number of benzene rings is 7. The van der Waals surface area contributed by atoms with Gasteiger partial charge in [-0.25, -0.2) is 0 Å². The topological polar surface area (TPSA) is 31.6 Å². The summed E-state index contributed by atoms with van der Waals surface area (Å²) in [6.07, 6.45) is 0. The fraction of sp³-hybridized carbons (Fsp3) is 0.160. The Bertz CT molecular complexity index is 2820. The first kappa shape index (κ1) is 30.8. The summed E-state index contributed by atoms with van der Waals surface area (Å²) in [6.45, 7) is 8.54. The SMILES string of the molecule is CC1(C)OB(c2cccc3c2-c2ccc4oc5ccccc5c4c2C32c3ccccc3C3(c4ccccc4-c4ccccc43)c3ccccc32)OC1(C)C. The summed E-state index contributed by atoms with van der Waals surface area (Å²) in [5, 5.41) is 2.28. The maximum absolute atomic E-state index is 6.86. The van der Waals surface area contributed by atoms with Gasteiger partial charge in [0, 0.05) is 10.8 Å². The standard InChI is InChI=1S/C50H37BO3/c1-47(2)48(3,4)54-51(53-47)41-26-15-25-40-44(41)33-28-29-43-45(32-18-7-14-27-42(32)52-43)46(33)50(40)38-23-12-10-21-36(38)49(37-22-11-13-24-39(37)50)34-19-8-5-16-30(34)31-17-6-9-20-35(31)49/h5-29H,1-4H3. The van der Waals surface area contributed by atoms with E-state index in [9.17, 15) is 0 Å². The van der Waals surface area contributed by atoms with E-state index in [1.165, 1.54) is 66.8 Å². The molecule has 8 aromatic rings. The van der Waals surface area contributed by atoms with Crippen LogP contribution < -0.4 is 5.46 Å². The van der Waals surface area contributed by atoms with Crippen LogP contribution in [0.25, 0.3) is 44.2 Å². The molecule has 2 spiro atoms. The van der Waals surface area contributed by atoms with Crippen LogP contribution in [0.15, 0.2) is 156 Å². The highest BCUT2D eigenvalue weighted by molar-refractivity contribution is 6.64. The molecule has 258 valence electrons. The first-order chi connectivity index (χ1) is 26.3. The number of furan rings is 1. The van der Waals surface area contributed by atoms with Gasteiger partial charge in [0.25, 0.3) is 0 Å². The summed E-state index contributed by atoms with van der Waals surface area (Å²) in [5.74, 6) is 0. The van der Waals surface area contributed by atoms with Gasteiger partial charge in [0.1, 0.15) is 11.2 Å². The van der Waals surface area contributed by atoms with Crippen LogP contribution in [0.3, 0.4) is 0 Å². The van der Waals surface area contributed by atoms with E-state index in [4.69, 9.17) is 13.7 Å². The molecule has 0 bridgehead atoms. The summed E-state index contributed by atoms with van der Waals surface area (Å²) < 4.78 is 20.4. The molecule has 0 N–H and O–H groups in total. The van der Waals surface area contributed by atoms with Crippen molar-refractivity contribution in [3.05, 3.63) is 196 Å². The van der Waals surface area contributed by atoms with Crippen LogP contribution in [0, 0.1) is 0 Å². The zero-order valence-corrected chi connectivity index (χ0v) is 30.7. The van der Waals surface area contributed by atoms with Crippen molar-refractivity contribution < 1.29 is 13.7 Å². The van der Waals surface area contributed by atoms with Gasteiger partial charge >= 0.3 is 7.12 Å². The first-order valence-electron chi connectivity index (χ1n) is 19.1. The van der Waals surface area contributed by atoms with Crippen molar-refractivity contribution in [2.75, 3.05) is 0 Å². The van der Waals surface area contributed by atoms with E-state index in [-0.39, 0.29) is 0 Å². The van der Waals surface area contributed by atoms with E-state index in [1.54, 1.807) is 0 Å². The van der Waals surface area contributed by atoms with Gasteiger partial charge in [-0.1, -0.05) is 140 Å². The van der Waals surface area contributed by atoms with Gasteiger partial charge in [0.05, 0.1) is 22.0 Å². The lowest BCUT2D eigenvalue weighted by Crippen LogP contribution is -2.44. The smallest absolute Gasteiger partial charge is 0.456 e. The van der Waals surface area contributed by atoms with Crippen molar-refractivity contribution in [1.82, 2.24) is 0 Å². The molecule has 12 rings (SSSR count). The fourth-order valence-corrected chi connectivity index (χ4v) is 10.8. The molecule has 0 amide bonds. The Morgan fingerprint density at radius 3 is 1.52 bits per heavy atom. The van der Waals surface area contributed by atoms with Crippen molar-refractivity contribution in [2.45, 2.75) is 49.7 Å². The van der Waals surface area contributed by atoms with Gasteiger partial charge in [-0.3, -0.25) is 0 Å². The average molecular weight is 697 g/mol. The molecular weight excluding hydrogens is 659 g/mol. The number of rotatable bonds is 1. The Kier molecular flexibility index (Phi) is 5.75. The molecule has 0 atom stereocenters. The van der Waals surface area contributed by atoms with Gasteiger partial charge in [0.2, 0.25) is 0 Å². The predicted octanol–water partition coefficient (Wildman–Crippen LogP) is 10.9. The highest BCUT2D eigenvalue weighted by Gasteiger charge is 2.61. The fourth-order valence-electron chi connectivity index (χ4n) is 10.8. The number of fused-ring (bicyclic) bond motifs is 20. The van der Waals surface area contributed by atoms with Crippen LogP contribution in [0.1, 0.15) is 72.2 Å². The lowest BCUT2D eigenvalue weighted by molar-refractivity contribution is 0.00578. The second-order valence-electron chi connectivity index (χ2n) is 16.5. The normalized spacial score (nSPS) is 18.4. The third-order valence-corrected chi connectivity index (χ3v) is 13.6. The molecule has 7 aromatic carbocycles. The Morgan fingerprint density at radius 1 is 0.407 bits per heavy atom. The molecule has 3 aliphatic carbocycles. The highest BCUT2D eigenvalue weighted by atomic mass is 16.7. The molecule has 0 radical (unpaired) electrons. The van der Waals surface area contributed by atoms with E-state index in [2.05, 4.69) is 179 Å². The van der Waals surface area contributed by atoms with Crippen LogP contribution in [-0.4, -0.2) is 18.3 Å². The zero-order valence-electron chi connectivity index (χ0n) is 30.7. The third-order valence-electron chi connectivity index (χ3n) is 13.6. The maximum atomic E-state index is 6.86. The molecule has 1 saturated heterocycles. The number of hydrogen-bond acceptors (Lipinski definition) is 3. The van der Waals surface area contributed by atoms with Crippen LogP contribution in [0.5, 0.6) is 0 Å². The van der Waals surface area contributed by atoms with Crippen LogP contribution in [0.4, 0.5) is 0 Å². The molecule has 3 nitrogen and oxygen atoms in total. The minimum absolute atomic E-state index is 0.482. The van der Waals surface area contributed by atoms with Gasteiger partial charge in [-0.15, -0.1) is 0 Å². The summed E-state index contributed by atoms with van der Waals surface area (Å²) in [6, 6.07) is 56.4. The molecule has 1 fully saturated rings. The monoisotopic (exact) mass is 696 g/mol. The largest absolute Gasteiger partial charge is 0.495 e. The molecule has 4 heteroatoms. The van der Waals surface area contributed by atoms with Crippen LogP contribution in [-0.2, 0) is 20.1 Å². The first-order valence-corrected chi connectivity index (χ1v) is 19.1. The Balaban J connectivity index is 1.29. The molecule has 4 aliphatic rings. The molecule has 0 unspecified atom stereocenters. The van der Waals surface area contributed by atoms with Gasteiger partial charge in [0.15, 0.2) is 0 Å². The Labute approximate surface area is 315 Å². The molecule has 1 aromatic heterocycles. The van der Waals surface area contributed by atoms with Crippen LogP contribution >= 0.6 is 0 Å². The van der Waals surface area contributed by atoms with Gasteiger partial charge in [-0.2, -0.15) is 0 Å². The molecular formula is C50H37BO3. The second kappa shape index (κ2) is 10.1. The van der Waals surface area contributed by atoms with E-state index < -0.39 is 29.2 Å². The van der Waals surface area contributed by atoms with Crippen molar-refractivity contribution in [1.29, 1.82) is 0 Å². The number of para-hydroxylation sites is 1. The van der Waals surface area contributed by atoms with E-state index in [0.717, 1.165) is 27.4 Å². The second-order valence-corrected chi connectivity index (χ2v) is 16.5. The number of hydrogen-bond donors (Lipinski definition) is 0. The molecule has 1 aliphatic heterocycles. The molecule has 54 heavy (non-hydrogen) atoms. The lowest BCUT2D eigenvalue weighted by atomic mass is 9.52. The van der Waals surface area contributed by atoms with Crippen molar-refractivity contribution in [3.8, 4) is 22.3 Å². The maximum Gasteiger partial charge on any atom is 0.495 e. The molecule has 2 heterocycles. The van der Waals surface area contributed by atoms with Crippen molar-refractivity contribution in [2.24, 2.45) is 0 Å². The average Bonchev–Trinajstić information content (AvgIpc) is 3.88. The summed E-state index contributed by atoms with van der Waals surface area (Å²) in [4.78, 5) is 0. The lowest BCUT2D eigenvalue weighted by Gasteiger charge is -2.49.